The molecule has 1 aromatic carbocycles. The zero-order valence-corrected chi connectivity index (χ0v) is 11.2. The Morgan fingerprint density at radius 2 is 1.89 bits per heavy atom. The zero-order chi connectivity index (χ0) is 13.4. The van der Waals surface area contributed by atoms with Gasteiger partial charge in [-0.15, -0.1) is 0 Å². The van der Waals surface area contributed by atoms with Crippen LogP contribution in [0.5, 0.6) is 0 Å². The molecule has 1 aromatic rings. The predicted molar refractivity (Wildman–Crippen MR) is 73.4 cm³/mol. The molecule has 0 aromatic heterocycles. The van der Waals surface area contributed by atoms with Crippen LogP contribution in [0.15, 0.2) is 30.3 Å². The molecule has 0 bridgehead atoms. The number of aliphatic hydroxyl groups excluding tert-OH is 1. The van der Waals surface area contributed by atoms with Crippen molar-refractivity contribution in [2.75, 3.05) is 6.54 Å². The van der Waals surface area contributed by atoms with Crippen LogP contribution in [0.1, 0.15) is 44.6 Å². The molecule has 1 amide bonds. The minimum Gasteiger partial charge on any atom is -0.393 e. The molecule has 0 fully saturated rings. The van der Waals surface area contributed by atoms with Crippen LogP contribution in [-0.4, -0.2) is 23.7 Å². The number of amides is 1. The molecule has 0 saturated carbocycles. The molecular formula is C15H23NO2. The lowest BCUT2D eigenvalue weighted by atomic mass is 9.95. The molecule has 0 spiro atoms. The Morgan fingerprint density at radius 3 is 2.44 bits per heavy atom. The number of carbonyl (C=O) groups excluding carboxylic acids is 1. The van der Waals surface area contributed by atoms with Gasteiger partial charge in [-0.2, -0.15) is 0 Å². The van der Waals surface area contributed by atoms with E-state index in [1.807, 2.05) is 44.2 Å². The summed E-state index contributed by atoms with van der Waals surface area (Å²) in [6.45, 7) is 4.49. The molecule has 100 valence electrons. The Labute approximate surface area is 109 Å². The molecule has 0 radical (unpaired) electrons. The van der Waals surface area contributed by atoms with Crippen molar-refractivity contribution in [3.05, 3.63) is 35.9 Å². The highest BCUT2D eigenvalue weighted by atomic mass is 16.3. The van der Waals surface area contributed by atoms with Crippen molar-refractivity contribution in [2.24, 2.45) is 0 Å². The van der Waals surface area contributed by atoms with Crippen LogP contribution in [0.2, 0.25) is 0 Å². The average molecular weight is 249 g/mol. The van der Waals surface area contributed by atoms with Crippen LogP contribution in [0.4, 0.5) is 0 Å². The lowest BCUT2D eigenvalue weighted by Gasteiger charge is -2.16. The van der Waals surface area contributed by atoms with Crippen LogP contribution >= 0.6 is 0 Å². The number of aliphatic hydroxyl groups is 1. The van der Waals surface area contributed by atoms with Crippen LogP contribution < -0.4 is 5.32 Å². The minimum atomic E-state index is -0.317. The highest BCUT2D eigenvalue weighted by molar-refractivity contribution is 5.83. The molecule has 0 aliphatic rings. The third-order valence-electron chi connectivity index (χ3n) is 3.17. The zero-order valence-electron chi connectivity index (χ0n) is 11.2. The Hall–Kier alpha value is -1.35. The van der Waals surface area contributed by atoms with Crippen molar-refractivity contribution in [1.82, 2.24) is 5.32 Å². The largest absolute Gasteiger partial charge is 0.393 e. The molecular weight excluding hydrogens is 226 g/mol. The van der Waals surface area contributed by atoms with Gasteiger partial charge in [-0.25, -0.2) is 0 Å². The van der Waals surface area contributed by atoms with E-state index in [1.165, 1.54) is 0 Å². The quantitative estimate of drug-likeness (QED) is 0.780. The average Bonchev–Trinajstić information content (AvgIpc) is 2.40. The normalized spacial score (nSPS) is 13.9. The maximum atomic E-state index is 12.1. The maximum absolute atomic E-state index is 12.1. The second kappa shape index (κ2) is 7.88. The second-order valence-corrected chi connectivity index (χ2v) is 4.51. The fourth-order valence-corrected chi connectivity index (χ4v) is 1.95. The van der Waals surface area contributed by atoms with E-state index in [9.17, 15) is 9.90 Å². The second-order valence-electron chi connectivity index (χ2n) is 4.51. The number of benzene rings is 1. The number of hydrogen-bond acceptors (Lipinski definition) is 2. The Bertz CT molecular complexity index is 351. The maximum Gasteiger partial charge on any atom is 0.227 e. The van der Waals surface area contributed by atoms with Gasteiger partial charge >= 0.3 is 0 Å². The van der Waals surface area contributed by atoms with Crippen molar-refractivity contribution in [1.29, 1.82) is 0 Å². The summed E-state index contributed by atoms with van der Waals surface area (Å²) in [5, 5.41) is 12.3. The van der Waals surface area contributed by atoms with Gasteiger partial charge < -0.3 is 10.4 Å². The SMILES string of the molecule is CCC(O)CCNC(=O)C(CC)c1ccccc1. The predicted octanol–water partition coefficient (Wildman–Crippen LogP) is 2.46. The van der Waals surface area contributed by atoms with Crippen LogP contribution in [0, 0.1) is 0 Å². The molecule has 18 heavy (non-hydrogen) atoms. The summed E-state index contributed by atoms with van der Waals surface area (Å²) in [7, 11) is 0. The van der Waals surface area contributed by atoms with E-state index in [0.717, 1.165) is 18.4 Å². The van der Waals surface area contributed by atoms with Crippen LogP contribution in [-0.2, 0) is 4.79 Å². The summed E-state index contributed by atoms with van der Waals surface area (Å²) in [6, 6.07) is 9.81. The van der Waals surface area contributed by atoms with E-state index in [4.69, 9.17) is 0 Å². The molecule has 0 aliphatic heterocycles. The third-order valence-corrected chi connectivity index (χ3v) is 3.17. The van der Waals surface area contributed by atoms with Crippen molar-refractivity contribution < 1.29 is 9.90 Å². The summed E-state index contributed by atoms with van der Waals surface area (Å²) < 4.78 is 0. The van der Waals surface area contributed by atoms with Gasteiger partial charge in [0.05, 0.1) is 12.0 Å². The summed E-state index contributed by atoms with van der Waals surface area (Å²) in [5.41, 5.74) is 1.05. The first-order valence-corrected chi connectivity index (χ1v) is 6.69. The van der Waals surface area contributed by atoms with Gasteiger partial charge in [0.2, 0.25) is 5.91 Å². The van der Waals surface area contributed by atoms with Crippen molar-refractivity contribution in [3.8, 4) is 0 Å². The Kier molecular flexibility index (Phi) is 6.44. The van der Waals surface area contributed by atoms with Crippen molar-refractivity contribution >= 4 is 5.91 Å². The Balaban J connectivity index is 2.48. The smallest absolute Gasteiger partial charge is 0.227 e. The molecule has 2 atom stereocenters. The molecule has 3 heteroatoms. The van der Waals surface area contributed by atoms with Gasteiger partial charge in [0.1, 0.15) is 0 Å². The first-order valence-electron chi connectivity index (χ1n) is 6.69. The lowest BCUT2D eigenvalue weighted by Crippen LogP contribution is -2.31. The first kappa shape index (κ1) is 14.7. The summed E-state index contributed by atoms with van der Waals surface area (Å²) >= 11 is 0. The van der Waals surface area contributed by atoms with E-state index < -0.39 is 0 Å². The van der Waals surface area contributed by atoms with Crippen LogP contribution in [0.25, 0.3) is 0 Å². The van der Waals surface area contributed by atoms with Gasteiger partial charge in [0, 0.05) is 6.54 Å². The highest BCUT2D eigenvalue weighted by Crippen LogP contribution is 2.19. The van der Waals surface area contributed by atoms with E-state index in [-0.39, 0.29) is 17.9 Å². The van der Waals surface area contributed by atoms with Gasteiger partial charge in [0.25, 0.3) is 0 Å². The fraction of sp³-hybridized carbons (Fsp3) is 0.533. The Morgan fingerprint density at radius 1 is 1.22 bits per heavy atom. The summed E-state index contributed by atoms with van der Waals surface area (Å²) in [4.78, 5) is 12.1. The first-order chi connectivity index (χ1) is 8.69. The van der Waals surface area contributed by atoms with Gasteiger partial charge in [0.15, 0.2) is 0 Å². The van der Waals surface area contributed by atoms with Gasteiger partial charge in [-0.1, -0.05) is 44.2 Å². The minimum absolute atomic E-state index is 0.0482. The highest BCUT2D eigenvalue weighted by Gasteiger charge is 2.17. The third kappa shape index (κ3) is 4.49. The molecule has 3 nitrogen and oxygen atoms in total. The van der Waals surface area contributed by atoms with E-state index in [2.05, 4.69) is 5.32 Å². The summed E-state index contributed by atoms with van der Waals surface area (Å²) in [6.07, 6.45) is 1.81. The van der Waals surface area contributed by atoms with E-state index in [0.29, 0.717) is 13.0 Å². The molecule has 0 saturated heterocycles. The lowest BCUT2D eigenvalue weighted by molar-refractivity contribution is -0.122. The van der Waals surface area contributed by atoms with E-state index >= 15 is 0 Å². The number of nitrogens with one attached hydrogen (secondary N) is 1. The van der Waals surface area contributed by atoms with Gasteiger partial charge in [-0.3, -0.25) is 4.79 Å². The van der Waals surface area contributed by atoms with Crippen molar-refractivity contribution in [2.45, 2.75) is 45.1 Å². The number of rotatable bonds is 7. The molecule has 1 rings (SSSR count). The molecule has 2 N–H and O–H groups in total. The molecule has 2 unspecified atom stereocenters. The number of carbonyl (C=O) groups is 1. The fourth-order valence-electron chi connectivity index (χ4n) is 1.95. The summed E-state index contributed by atoms with van der Waals surface area (Å²) in [5.74, 6) is -0.0445. The monoisotopic (exact) mass is 249 g/mol. The van der Waals surface area contributed by atoms with Gasteiger partial charge in [-0.05, 0) is 24.8 Å². The number of hydrogen-bond donors (Lipinski definition) is 2. The van der Waals surface area contributed by atoms with Crippen LogP contribution in [0.3, 0.4) is 0 Å². The van der Waals surface area contributed by atoms with Crippen molar-refractivity contribution in [3.63, 3.8) is 0 Å². The topological polar surface area (TPSA) is 49.3 Å². The standard InChI is InChI=1S/C15H23NO2/c1-3-13(17)10-11-16-15(18)14(4-2)12-8-6-5-7-9-12/h5-9,13-14,17H,3-4,10-11H2,1-2H3,(H,16,18). The molecule has 0 aliphatic carbocycles. The van der Waals surface area contributed by atoms with E-state index in [1.54, 1.807) is 0 Å². The molecule has 0 heterocycles.